The highest BCUT2D eigenvalue weighted by Crippen LogP contribution is 2.39. The van der Waals surface area contributed by atoms with Gasteiger partial charge in [0.1, 0.15) is 5.60 Å². The summed E-state index contributed by atoms with van der Waals surface area (Å²) in [5.74, 6) is -0.134. The smallest absolute Gasteiger partial charge is 0.410 e. The molecule has 0 atom stereocenters. The van der Waals surface area contributed by atoms with E-state index in [-0.39, 0.29) is 12.5 Å². The minimum atomic E-state index is -0.848. The molecule has 0 aromatic rings. The molecule has 0 aromatic heterocycles. The molecular weight excluding hydrogens is 282 g/mol. The van der Waals surface area contributed by atoms with Crippen molar-refractivity contribution in [3.05, 3.63) is 0 Å². The largest absolute Gasteiger partial charge is 0.481 e. The molecule has 0 radical (unpaired) electrons. The quantitative estimate of drug-likeness (QED) is 0.755. The van der Waals surface area contributed by atoms with Crippen LogP contribution in [0.4, 0.5) is 4.79 Å². The Bertz CT molecular complexity index is 360. The molecule has 1 aliphatic rings. The third kappa shape index (κ3) is 5.20. The second kappa shape index (κ2) is 6.67. The molecule has 0 unspecified atom stereocenters. The summed E-state index contributed by atoms with van der Waals surface area (Å²) in [5, 5.41) is 9.00. The molecule has 116 valence electrons. The molecule has 1 N–H and O–H groups in total. The second-order valence-corrected chi connectivity index (χ2v) is 7.49. The Labute approximate surface area is 123 Å². The Balaban J connectivity index is 2.52. The van der Waals surface area contributed by atoms with Crippen LogP contribution in [0, 0.1) is 0 Å². The van der Waals surface area contributed by atoms with Crippen LogP contribution in [0.3, 0.4) is 0 Å². The molecular formula is C13H23NO5S. The maximum Gasteiger partial charge on any atom is 0.410 e. The third-order valence-corrected chi connectivity index (χ3v) is 4.16. The highest BCUT2D eigenvalue weighted by molar-refractivity contribution is 8.00. The van der Waals surface area contributed by atoms with Gasteiger partial charge in [0.15, 0.2) is 0 Å². The lowest BCUT2D eigenvalue weighted by atomic mass is 9.95. The fourth-order valence-electron chi connectivity index (χ4n) is 1.98. The zero-order chi connectivity index (χ0) is 15.4. The number of ether oxygens (including phenoxy) is 2. The van der Waals surface area contributed by atoms with Crippen LogP contribution in [0.1, 0.15) is 27.2 Å². The zero-order valence-corrected chi connectivity index (χ0v) is 13.3. The standard InChI is InChI=1S/C13H23NO5S/c1-12(2,3)19-11(17)14-8-13(9-14,7-10(15)16)20-6-5-18-4/h5-9H2,1-4H3,(H,15,16). The van der Waals surface area contributed by atoms with Gasteiger partial charge in [-0.05, 0) is 20.8 Å². The summed E-state index contributed by atoms with van der Waals surface area (Å²) >= 11 is 1.55. The molecule has 0 spiro atoms. The van der Waals surface area contributed by atoms with Crippen molar-refractivity contribution in [3.63, 3.8) is 0 Å². The number of carboxylic acid groups (broad SMARTS) is 1. The van der Waals surface area contributed by atoms with Crippen molar-refractivity contribution >= 4 is 23.8 Å². The van der Waals surface area contributed by atoms with Crippen LogP contribution in [-0.4, -0.2) is 65.0 Å². The predicted molar refractivity (Wildman–Crippen MR) is 77.1 cm³/mol. The summed E-state index contributed by atoms with van der Waals surface area (Å²) in [7, 11) is 1.61. The summed E-state index contributed by atoms with van der Waals surface area (Å²) in [6.07, 6.45) is -0.341. The van der Waals surface area contributed by atoms with Gasteiger partial charge < -0.3 is 19.5 Å². The molecule has 0 saturated carbocycles. The molecule has 1 rings (SSSR count). The lowest BCUT2D eigenvalue weighted by Gasteiger charge is -2.48. The topological polar surface area (TPSA) is 76.1 Å². The van der Waals surface area contributed by atoms with E-state index in [2.05, 4.69) is 0 Å². The molecule has 0 aliphatic carbocycles. The van der Waals surface area contributed by atoms with Crippen molar-refractivity contribution in [1.29, 1.82) is 0 Å². The first-order valence-corrected chi connectivity index (χ1v) is 7.49. The van der Waals surface area contributed by atoms with Crippen LogP contribution in [-0.2, 0) is 14.3 Å². The maximum absolute atomic E-state index is 11.9. The summed E-state index contributed by atoms with van der Waals surface area (Å²) < 4.78 is 9.83. The van der Waals surface area contributed by atoms with E-state index >= 15 is 0 Å². The monoisotopic (exact) mass is 305 g/mol. The fraction of sp³-hybridized carbons (Fsp3) is 0.846. The average Bonchev–Trinajstić information content (AvgIpc) is 2.21. The predicted octanol–water partition coefficient (Wildman–Crippen LogP) is 1.83. The lowest BCUT2D eigenvalue weighted by Crippen LogP contribution is -2.63. The van der Waals surface area contributed by atoms with Crippen LogP contribution in [0.5, 0.6) is 0 Å². The lowest BCUT2D eigenvalue weighted by molar-refractivity contribution is -0.138. The maximum atomic E-state index is 11.9. The number of hydrogen-bond acceptors (Lipinski definition) is 5. The summed E-state index contributed by atoms with van der Waals surface area (Å²) in [6.45, 7) is 6.80. The van der Waals surface area contributed by atoms with Crippen molar-refractivity contribution in [2.45, 2.75) is 37.5 Å². The molecule has 1 amide bonds. The summed E-state index contributed by atoms with van der Waals surface area (Å²) in [4.78, 5) is 24.4. The minimum absolute atomic E-state index is 0.0423. The first-order valence-electron chi connectivity index (χ1n) is 6.50. The molecule has 20 heavy (non-hydrogen) atoms. The number of rotatable bonds is 6. The van der Waals surface area contributed by atoms with Crippen LogP contribution >= 0.6 is 11.8 Å². The molecule has 1 heterocycles. The summed E-state index contributed by atoms with van der Waals surface area (Å²) in [6, 6.07) is 0. The van der Waals surface area contributed by atoms with E-state index in [9.17, 15) is 9.59 Å². The highest BCUT2D eigenvalue weighted by Gasteiger charge is 2.48. The van der Waals surface area contributed by atoms with Gasteiger partial charge in [0.25, 0.3) is 0 Å². The second-order valence-electron chi connectivity index (χ2n) is 5.93. The Morgan fingerprint density at radius 3 is 2.40 bits per heavy atom. The van der Waals surface area contributed by atoms with Crippen molar-refractivity contribution in [2.24, 2.45) is 0 Å². The molecule has 0 bridgehead atoms. The number of aliphatic carboxylic acids is 1. The van der Waals surface area contributed by atoms with Crippen molar-refractivity contribution < 1.29 is 24.2 Å². The van der Waals surface area contributed by atoms with E-state index in [0.717, 1.165) is 0 Å². The Morgan fingerprint density at radius 1 is 1.35 bits per heavy atom. The van der Waals surface area contributed by atoms with E-state index in [1.54, 1.807) is 23.8 Å². The average molecular weight is 305 g/mol. The number of carbonyl (C=O) groups is 2. The van der Waals surface area contributed by atoms with Gasteiger partial charge in [-0.25, -0.2) is 4.79 Å². The first kappa shape index (κ1) is 17.1. The van der Waals surface area contributed by atoms with Gasteiger partial charge in [0, 0.05) is 26.0 Å². The Kier molecular flexibility index (Phi) is 5.70. The number of carboxylic acids is 1. The number of amides is 1. The van der Waals surface area contributed by atoms with Crippen LogP contribution in [0.2, 0.25) is 0 Å². The van der Waals surface area contributed by atoms with Gasteiger partial charge in [0.05, 0.1) is 17.8 Å². The summed E-state index contributed by atoms with van der Waals surface area (Å²) in [5.41, 5.74) is -0.536. The first-order chi connectivity index (χ1) is 9.17. The van der Waals surface area contributed by atoms with E-state index in [0.29, 0.717) is 25.4 Å². The van der Waals surface area contributed by atoms with Crippen LogP contribution in [0.25, 0.3) is 0 Å². The minimum Gasteiger partial charge on any atom is -0.481 e. The van der Waals surface area contributed by atoms with Gasteiger partial charge in [-0.15, -0.1) is 11.8 Å². The van der Waals surface area contributed by atoms with E-state index in [1.165, 1.54) is 0 Å². The number of thioether (sulfide) groups is 1. The molecule has 1 fully saturated rings. The van der Waals surface area contributed by atoms with Crippen molar-refractivity contribution in [1.82, 2.24) is 4.90 Å². The normalized spacial score (nSPS) is 17.5. The Morgan fingerprint density at radius 2 is 1.95 bits per heavy atom. The third-order valence-electron chi connectivity index (χ3n) is 2.78. The van der Waals surface area contributed by atoms with Gasteiger partial charge >= 0.3 is 12.1 Å². The number of methoxy groups -OCH3 is 1. The molecule has 1 saturated heterocycles. The molecule has 0 aromatic carbocycles. The van der Waals surface area contributed by atoms with Gasteiger partial charge in [-0.3, -0.25) is 4.79 Å². The van der Waals surface area contributed by atoms with E-state index in [1.807, 2.05) is 20.8 Å². The number of hydrogen-bond donors (Lipinski definition) is 1. The number of likely N-dealkylation sites (tertiary alicyclic amines) is 1. The van der Waals surface area contributed by atoms with Gasteiger partial charge in [-0.2, -0.15) is 0 Å². The Hall–Kier alpha value is -0.950. The number of nitrogens with zero attached hydrogens (tertiary/aromatic N) is 1. The zero-order valence-electron chi connectivity index (χ0n) is 12.5. The van der Waals surface area contributed by atoms with Gasteiger partial charge in [-0.1, -0.05) is 0 Å². The number of carbonyl (C=O) groups excluding carboxylic acids is 1. The highest BCUT2D eigenvalue weighted by atomic mass is 32.2. The fourth-order valence-corrected chi connectivity index (χ4v) is 3.38. The van der Waals surface area contributed by atoms with Crippen molar-refractivity contribution in [3.8, 4) is 0 Å². The van der Waals surface area contributed by atoms with Crippen LogP contribution < -0.4 is 0 Å². The van der Waals surface area contributed by atoms with Crippen LogP contribution in [0.15, 0.2) is 0 Å². The molecule has 1 aliphatic heterocycles. The SMILES string of the molecule is COCCSC1(CC(=O)O)CN(C(=O)OC(C)(C)C)C1. The van der Waals surface area contributed by atoms with Gasteiger partial charge in [0.2, 0.25) is 0 Å². The van der Waals surface area contributed by atoms with E-state index in [4.69, 9.17) is 14.6 Å². The molecule has 7 heteroatoms. The molecule has 6 nitrogen and oxygen atoms in total. The van der Waals surface area contributed by atoms with E-state index < -0.39 is 16.3 Å². The van der Waals surface area contributed by atoms with Crippen molar-refractivity contribution in [2.75, 3.05) is 32.6 Å².